The summed E-state index contributed by atoms with van der Waals surface area (Å²) < 4.78 is 11.1. The van der Waals surface area contributed by atoms with Gasteiger partial charge in [0.15, 0.2) is 5.78 Å². The van der Waals surface area contributed by atoms with Gasteiger partial charge in [0.1, 0.15) is 28.7 Å². The molecule has 4 rings (SSSR count). The monoisotopic (exact) mass is 401 g/mol. The topological polar surface area (TPSA) is 93.1 Å². The van der Waals surface area contributed by atoms with Gasteiger partial charge in [0.05, 0.1) is 6.61 Å². The van der Waals surface area contributed by atoms with Gasteiger partial charge in [0.25, 0.3) is 5.91 Å². The number of aliphatic hydroxyl groups excluding tert-OH is 1. The number of ketones is 1. The molecule has 7 nitrogen and oxygen atoms in total. The Morgan fingerprint density at radius 3 is 2.48 bits per heavy atom. The zero-order chi connectivity index (χ0) is 21.2. The lowest BCUT2D eigenvalue weighted by molar-refractivity contribution is -0.128. The minimum absolute atomic E-state index is 0.129. The molecule has 0 saturated heterocycles. The highest BCUT2D eigenvalue weighted by atomic mass is 16.6. The minimum Gasteiger partial charge on any atom is -0.509 e. The highest BCUT2D eigenvalue weighted by Crippen LogP contribution is 2.31. The van der Waals surface area contributed by atoms with Crippen LogP contribution in [0.3, 0.4) is 0 Å². The van der Waals surface area contributed by atoms with Crippen molar-refractivity contribution in [2.75, 3.05) is 6.61 Å². The maximum atomic E-state index is 12.9. The number of imide groups is 1. The first-order valence-corrected chi connectivity index (χ1v) is 9.92. The molecule has 156 valence electrons. The molecule has 2 amide bonds. The summed E-state index contributed by atoms with van der Waals surface area (Å²) in [6.45, 7) is 5.63. The molecule has 0 unspecified atom stereocenters. The average Bonchev–Trinajstić information content (AvgIpc) is 2.87. The molecule has 1 aromatic rings. The van der Waals surface area contributed by atoms with Crippen LogP contribution in [0.5, 0.6) is 5.75 Å². The minimum atomic E-state index is -0.979. The van der Waals surface area contributed by atoms with Crippen molar-refractivity contribution in [3.05, 3.63) is 41.2 Å². The third kappa shape index (κ3) is 4.78. The van der Waals surface area contributed by atoms with Crippen LogP contribution in [-0.4, -0.2) is 46.0 Å². The zero-order valence-corrected chi connectivity index (χ0v) is 17.1. The Morgan fingerprint density at radius 1 is 1.14 bits per heavy atom. The molecule has 0 spiro atoms. The number of rotatable bonds is 0. The van der Waals surface area contributed by atoms with Crippen LogP contribution in [0.25, 0.3) is 0 Å². The Morgan fingerprint density at radius 2 is 1.83 bits per heavy atom. The molecular weight excluding hydrogens is 374 g/mol. The van der Waals surface area contributed by atoms with Crippen LogP contribution in [0, 0.1) is 0 Å². The molecule has 1 aromatic carbocycles. The molecule has 0 fully saturated rings. The molecular formula is C22H27NO6. The molecule has 0 radical (unpaired) electrons. The first-order chi connectivity index (χ1) is 13.7. The molecule has 3 aliphatic heterocycles. The van der Waals surface area contributed by atoms with E-state index < -0.39 is 29.4 Å². The molecule has 7 heteroatoms. The van der Waals surface area contributed by atoms with Crippen molar-refractivity contribution in [2.45, 2.75) is 64.5 Å². The molecule has 3 aliphatic rings. The van der Waals surface area contributed by atoms with Gasteiger partial charge in [-0.05, 0) is 57.7 Å². The summed E-state index contributed by atoms with van der Waals surface area (Å²) in [7, 11) is 0. The third-order valence-corrected chi connectivity index (χ3v) is 4.85. The van der Waals surface area contributed by atoms with Gasteiger partial charge in [-0.15, -0.1) is 0 Å². The molecule has 3 heterocycles. The van der Waals surface area contributed by atoms with Crippen LogP contribution in [0.2, 0.25) is 0 Å². The van der Waals surface area contributed by atoms with Gasteiger partial charge in [0.2, 0.25) is 0 Å². The van der Waals surface area contributed by atoms with E-state index in [0.29, 0.717) is 13.0 Å². The van der Waals surface area contributed by atoms with Crippen molar-refractivity contribution in [3.63, 3.8) is 0 Å². The summed E-state index contributed by atoms with van der Waals surface area (Å²) in [6.07, 6.45) is 1.54. The number of carbonyl (C=O) groups excluding carboxylic acids is 3. The van der Waals surface area contributed by atoms with E-state index in [2.05, 4.69) is 0 Å². The van der Waals surface area contributed by atoms with Crippen molar-refractivity contribution in [3.8, 4) is 5.75 Å². The fourth-order valence-electron chi connectivity index (χ4n) is 3.46. The van der Waals surface area contributed by atoms with Crippen LogP contribution in [0.15, 0.2) is 35.6 Å². The Balaban J connectivity index is 1.98. The van der Waals surface area contributed by atoms with Gasteiger partial charge in [-0.25, -0.2) is 9.69 Å². The van der Waals surface area contributed by atoms with E-state index in [1.807, 2.05) is 24.3 Å². The Kier molecular flexibility index (Phi) is 5.96. The number of benzene rings is 1. The maximum Gasteiger partial charge on any atom is 0.418 e. The van der Waals surface area contributed by atoms with E-state index in [0.717, 1.165) is 29.1 Å². The van der Waals surface area contributed by atoms with Crippen molar-refractivity contribution in [1.82, 2.24) is 4.90 Å². The van der Waals surface area contributed by atoms with E-state index >= 15 is 0 Å². The van der Waals surface area contributed by atoms with Crippen LogP contribution in [0.1, 0.15) is 52.0 Å². The quantitative estimate of drug-likeness (QED) is 0.666. The zero-order valence-electron chi connectivity index (χ0n) is 17.1. The summed E-state index contributed by atoms with van der Waals surface area (Å²) in [4.78, 5) is 39.2. The molecule has 0 aromatic heterocycles. The Labute approximate surface area is 170 Å². The highest BCUT2D eigenvalue weighted by molar-refractivity contribution is 6.24. The smallest absolute Gasteiger partial charge is 0.418 e. The number of nitrogens with zero attached hydrogens (tertiary/aromatic N) is 1. The number of aliphatic hydroxyl groups is 1. The van der Waals surface area contributed by atoms with Crippen molar-refractivity contribution >= 4 is 17.8 Å². The number of hydrogen-bond acceptors (Lipinski definition) is 6. The summed E-state index contributed by atoms with van der Waals surface area (Å²) in [5, 5.41) is 10.8. The standard InChI is InChI=1S/C22H27NO6/c1-22(2,3)29-21(27)23-16-13-14-8-10-15(11-9-14)28-12-6-4-5-7-17(24)18(19(16)25)20(23)26/h8-11,16,25H,4-7,12-13H2,1-3H3/t16-/m0/s1. The lowest BCUT2D eigenvalue weighted by Crippen LogP contribution is -2.45. The van der Waals surface area contributed by atoms with E-state index in [1.54, 1.807) is 20.8 Å². The molecule has 0 saturated carbocycles. The summed E-state index contributed by atoms with van der Waals surface area (Å²) in [6, 6.07) is 6.29. The summed E-state index contributed by atoms with van der Waals surface area (Å²) in [5.41, 5.74) is -0.331. The second-order valence-electron chi connectivity index (χ2n) is 8.36. The predicted octanol–water partition coefficient (Wildman–Crippen LogP) is 3.71. The average molecular weight is 401 g/mol. The lowest BCUT2D eigenvalue weighted by Gasteiger charge is -2.27. The molecule has 1 N–H and O–H groups in total. The van der Waals surface area contributed by atoms with E-state index in [9.17, 15) is 19.5 Å². The SMILES string of the molecule is CC(C)(C)OC(=O)N1C(=O)C2=C(O)[C@@H]1Cc1ccc(cc1)OCCCCCC2=O. The number of fused-ring (bicyclic) bond motifs is 8. The Bertz CT molecular complexity index is 834. The van der Waals surface area contributed by atoms with Crippen molar-refractivity contribution < 1.29 is 29.0 Å². The fourth-order valence-corrected chi connectivity index (χ4v) is 3.46. The summed E-state index contributed by atoms with van der Waals surface area (Å²) in [5.74, 6) is -0.874. The van der Waals surface area contributed by atoms with Crippen LogP contribution in [0.4, 0.5) is 4.79 Å². The lowest BCUT2D eigenvalue weighted by atomic mass is 10.0. The highest BCUT2D eigenvalue weighted by Gasteiger charge is 2.47. The largest absolute Gasteiger partial charge is 0.509 e. The van der Waals surface area contributed by atoms with Gasteiger partial charge in [0, 0.05) is 12.8 Å². The maximum absolute atomic E-state index is 12.9. The number of carbonyl (C=O) groups is 3. The number of Topliss-reactive ketones (excluding diaryl/α,β-unsaturated/α-hetero) is 1. The summed E-state index contributed by atoms with van der Waals surface area (Å²) >= 11 is 0. The predicted molar refractivity (Wildman–Crippen MR) is 106 cm³/mol. The number of hydrogen-bond donors (Lipinski definition) is 1. The molecule has 0 aliphatic carbocycles. The second-order valence-corrected chi connectivity index (χ2v) is 8.36. The van der Waals surface area contributed by atoms with Crippen LogP contribution >= 0.6 is 0 Å². The second kappa shape index (κ2) is 8.27. The number of amides is 2. The molecule has 29 heavy (non-hydrogen) atoms. The van der Waals surface area contributed by atoms with Gasteiger partial charge in [-0.3, -0.25) is 9.59 Å². The first-order valence-electron chi connectivity index (χ1n) is 9.92. The first kappa shape index (κ1) is 20.9. The van der Waals surface area contributed by atoms with Gasteiger partial charge in [-0.1, -0.05) is 12.1 Å². The third-order valence-electron chi connectivity index (χ3n) is 4.85. The van der Waals surface area contributed by atoms with Gasteiger partial charge in [-0.2, -0.15) is 0 Å². The van der Waals surface area contributed by atoms with Gasteiger partial charge >= 0.3 is 6.09 Å². The van der Waals surface area contributed by atoms with E-state index in [-0.39, 0.29) is 24.2 Å². The normalized spacial score (nSPS) is 20.9. The fraction of sp³-hybridized carbons (Fsp3) is 0.500. The van der Waals surface area contributed by atoms with Crippen molar-refractivity contribution in [1.29, 1.82) is 0 Å². The van der Waals surface area contributed by atoms with Crippen LogP contribution < -0.4 is 4.74 Å². The van der Waals surface area contributed by atoms with Crippen LogP contribution in [-0.2, 0) is 20.7 Å². The molecule has 4 bridgehead atoms. The van der Waals surface area contributed by atoms with E-state index in [4.69, 9.17) is 9.47 Å². The number of ether oxygens (including phenoxy) is 2. The van der Waals surface area contributed by atoms with E-state index in [1.165, 1.54) is 0 Å². The Hall–Kier alpha value is -2.83. The van der Waals surface area contributed by atoms with Gasteiger partial charge < -0.3 is 14.6 Å². The molecule has 1 atom stereocenters. The van der Waals surface area contributed by atoms with Crippen molar-refractivity contribution in [2.24, 2.45) is 0 Å².